The number of nitriles is 1. The molecule has 1 fully saturated rings. The molecule has 0 radical (unpaired) electrons. The van der Waals surface area contributed by atoms with Crippen molar-refractivity contribution in [2.45, 2.75) is 25.3 Å². The molecule has 2 atom stereocenters. The van der Waals surface area contributed by atoms with E-state index in [0.29, 0.717) is 23.8 Å². The quantitative estimate of drug-likeness (QED) is 0.868. The number of hydrogen-bond acceptors (Lipinski definition) is 6. The van der Waals surface area contributed by atoms with Gasteiger partial charge in [0, 0.05) is 25.8 Å². The van der Waals surface area contributed by atoms with Gasteiger partial charge in [0.25, 0.3) is 0 Å². The fourth-order valence-electron chi connectivity index (χ4n) is 2.93. The van der Waals surface area contributed by atoms with Gasteiger partial charge in [-0.05, 0) is 30.9 Å². The van der Waals surface area contributed by atoms with E-state index in [1.54, 1.807) is 29.2 Å². The first kappa shape index (κ1) is 16.0. The summed E-state index contributed by atoms with van der Waals surface area (Å²) in [5.74, 6) is 1.01. The molecule has 1 saturated heterocycles. The second-order valence-corrected chi connectivity index (χ2v) is 5.82. The molecule has 1 aromatic carbocycles. The van der Waals surface area contributed by atoms with Gasteiger partial charge in [0.2, 0.25) is 0 Å². The fourth-order valence-corrected chi connectivity index (χ4v) is 2.93. The second kappa shape index (κ2) is 7.11. The Bertz CT molecular complexity index is 619. The molecule has 0 aliphatic carbocycles. The predicted octanol–water partition coefficient (Wildman–Crippen LogP) is 1.20. The minimum Gasteiger partial charge on any atom is -0.456 e. The van der Waals surface area contributed by atoms with Crippen molar-refractivity contribution < 1.29 is 19.7 Å². The predicted molar refractivity (Wildman–Crippen MR) is 82.1 cm³/mol. The third-order valence-corrected chi connectivity index (χ3v) is 4.27. The summed E-state index contributed by atoms with van der Waals surface area (Å²) in [6.45, 7) is 2.02. The van der Waals surface area contributed by atoms with Crippen LogP contribution in [0.4, 0.5) is 0 Å². The Morgan fingerprint density at radius 3 is 2.74 bits per heavy atom. The number of aliphatic hydroxyl groups is 2. The van der Waals surface area contributed by atoms with E-state index >= 15 is 0 Å². The van der Waals surface area contributed by atoms with Crippen LogP contribution in [0.25, 0.3) is 0 Å². The maximum atomic E-state index is 10.4. The Labute approximate surface area is 135 Å². The van der Waals surface area contributed by atoms with Crippen molar-refractivity contribution in [3.05, 3.63) is 41.7 Å². The van der Waals surface area contributed by atoms with Crippen LogP contribution in [0, 0.1) is 17.2 Å². The molecule has 0 saturated carbocycles. The smallest absolute Gasteiger partial charge is 0.168 e. The standard InChI is InChI=1S/C17H20N2O4/c18-10-13-3-1-2-4-14(13)23-15-9-16(20)19(17(15)21)11-12-5-7-22-8-6-12/h1-4,9,12,16-17,20-21H,5-8,11H2. The van der Waals surface area contributed by atoms with Crippen LogP contribution in [-0.4, -0.2) is 47.3 Å². The lowest BCUT2D eigenvalue weighted by Gasteiger charge is -2.31. The molecule has 3 rings (SSSR count). The summed E-state index contributed by atoms with van der Waals surface area (Å²) >= 11 is 0. The van der Waals surface area contributed by atoms with Gasteiger partial charge in [0.05, 0.1) is 5.56 Å². The molecular formula is C17H20N2O4. The van der Waals surface area contributed by atoms with Gasteiger partial charge in [0.1, 0.15) is 23.8 Å². The summed E-state index contributed by atoms with van der Waals surface area (Å²) in [5.41, 5.74) is 0.387. The van der Waals surface area contributed by atoms with Crippen molar-refractivity contribution in [2.24, 2.45) is 5.92 Å². The van der Waals surface area contributed by atoms with Crippen molar-refractivity contribution in [2.75, 3.05) is 19.8 Å². The zero-order valence-electron chi connectivity index (χ0n) is 12.8. The van der Waals surface area contributed by atoms with Crippen LogP contribution in [-0.2, 0) is 4.74 Å². The molecule has 2 aliphatic heterocycles. The lowest BCUT2D eigenvalue weighted by molar-refractivity contribution is -0.0691. The maximum Gasteiger partial charge on any atom is 0.168 e. The third kappa shape index (κ3) is 3.54. The van der Waals surface area contributed by atoms with Crippen molar-refractivity contribution >= 4 is 0 Å². The summed E-state index contributed by atoms with van der Waals surface area (Å²) in [6, 6.07) is 8.87. The Balaban J connectivity index is 1.67. The van der Waals surface area contributed by atoms with E-state index in [9.17, 15) is 10.2 Å². The summed E-state index contributed by atoms with van der Waals surface area (Å²) in [7, 11) is 0. The van der Waals surface area contributed by atoms with Crippen LogP contribution < -0.4 is 4.74 Å². The Morgan fingerprint density at radius 2 is 2.00 bits per heavy atom. The summed E-state index contributed by atoms with van der Waals surface area (Å²) in [5, 5.41) is 29.7. The molecule has 122 valence electrons. The van der Waals surface area contributed by atoms with Gasteiger partial charge in [-0.25, -0.2) is 4.90 Å². The molecule has 6 nitrogen and oxygen atoms in total. The zero-order valence-corrected chi connectivity index (χ0v) is 12.8. The van der Waals surface area contributed by atoms with Crippen molar-refractivity contribution in [1.29, 1.82) is 5.26 Å². The first-order valence-electron chi connectivity index (χ1n) is 7.77. The third-order valence-electron chi connectivity index (χ3n) is 4.27. The average Bonchev–Trinajstić information content (AvgIpc) is 2.84. The maximum absolute atomic E-state index is 10.4. The van der Waals surface area contributed by atoms with E-state index in [2.05, 4.69) is 0 Å². The Hall–Kier alpha value is -1.91. The lowest BCUT2D eigenvalue weighted by atomic mass is 10.00. The molecule has 23 heavy (non-hydrogen) atoms. The number of rotatable bonds is 4. The van der Waals surface area contributed by atoms with Crippen molar-refractivity contribution in [3.63, 3.8) is 0 Å². The van der Waals surface area contributed by atoms with Gasteiger partial charge >= 0.3 is 0 Å². The average molecular weight is 316 g/mol. The van der Waals surface area contributed by atoms with E-state index in [-0.39, 0.29) is 5.76 Å². The molecule has 2 aliphatic rings. The minimum atomic E-state index is -1.01. The SMILES string of the molecule is N#Cc1ccccc1OC1=CC(O)N(CC2CCOCC2)C1O. The summed E-state index contributed by atoms with van der Waals surface area (Å²) < 4.78 is 11.0. The van der Waals surface area contributed by atoms with Crippen molar-refractivity contribution in [1.82, 2.24) is 4.90 Å². The zero-order chi connectivity index (χ0) is 16.2. The molecular weight excluding hydrogens is 296 g/mol. The summed E-state index contributed by atoms with van der Waals surface area (Å²) in [4.78, 5) is 1.60. The minimum absolute atomic E-state index is 0.257. The van der Waals surface area contributed by atoms with Crippen molar-refractivity contribution in [3.8, 4) is 11.8 Å². The molecule has 0 bridgehead atoms. The van der Waals surface area contributed by atoms with Crippen LogP contribution in [0.5, 0.6) is 5.75 Å². The van der Waals surface area contributed by atoms with Crippen LogP contribution in [0.15, 0.2) is 36.1 Å². The van der Waals surface area contributed by atoms with Crippen LogP contribution in [0.2, 0.25) is 0 Å². The van der Waals surface area contributed by atoms with Gasteiger partial charge in [0.15, 0.2) is 6.23 Å². The first-order valence-corrected chi connectivity index (χ1v) is 7.77. The van der Waals surface area contributed by atoms with E-state index in [4.69, 9.17) is 14.7 Å². The van der Waals surface area contributed by atoms with Gasteiger partial charge in [-0.15, -0.1) is 0 Å². The van der Waals surface area contributed by atoms with Crippen LogP contribution in [0.1, 0.15) is 18.4 Å². The van der Waals surface area contributed by atoms with Crippen LogP contribution in [0.3, 0.4) is 0 Å². The van der Waals surface area contributed by atoms with Gasteiger partial charge < -0.3 is 19.7 Å². The Morgan fingerprint density at radius 1 is 1.26 bits per heavy atom. The molecule has 0 spiro atoms. The lowest BCUT2D eigenvalue weighted by Crippen LogP contribution is -2.42. The molecule has 0 amide bonds. The van der Waals surface area contributed by atoms with E-state index < -0.39 is 12.5 Å². The van der Waals surface area contributed by atoms with Gasteiger partial charge in [-0.3, -0.25) is 0 Å². The highest BCUT2D eigenvalue weighted by Crippen LogP contribution is 2.28. The highest BCUT2D eigenvalue weighted by atomic mass is 16.5. The number of benzene rings is 1. The van der Waals surface area contributed by atoms with Gasteiger partial charge in [-0.1, -0.05) is 12.1 Å². The normalized spacial score (nSPS) is 25.9. The highest BCUT2D eigenvalue weighted by molar-refractivity contribution is 5.43. The first-order chi connectivity index (χ1) is 11.2. The molecule has 0 aromatic heterocycles. The van der Waals surface area contributed by atoms with E-state index in [0.717, 1.165) is 26.1 Å². The largest absolute Gasteiger partial charge is 0.456 e. The molecule has 2 N–H and O–H groups in total. The van der Waals surface area contributed by atoms with Crippen LogP contribution >= 0.6 is 0 Å². The molecule has 2 unspecified atom stereocenters. The Kier molecular flexibility index (Phi) is 4.94. The number of hydrogen-bond donors (Lipinski definition) is 2. The second-order valence-electron chi connectivity index (χ2n) is 5.82. The van der Waals surface area contributed by atoms with E-state index in [1.165, 1.54) is 6.08 Å². The number of aliphatic hydroxyl groups excluding tert-OH is 2. The molecule has 6 heteroatoms. The number of para-hydroxylation sites is 1. The highest BCUT2D eigenvalue weighted by Gasteiger charge is 2.35. The fraction of sp³-hybridized carbons (Fsp3) is 0.471. The van der Waals surface area contributed by atoms with E-state index in [1.807, 2.05) is 6.07 Å². The van der Waals surface area contributed by atoms with Gasteiger partial charge in [-0.2, -0.15) is 5.26 Å². The molecule has 1 aromatic rings. The topological polar surface area (TPSA) is 86.0 Å². The summed E-state index contributed by atoms with van der Waals surface area (Å²) in [6.07, 6.45) is 1.42. The number of nitrogens with zero attached hydrogens (tertiary/aromatic N) is 2. The molecule has 2 heterocycles. The monoisotopic (exact) mass is 316 g/mol. The number of ether oxygens (including phenoxy) is 2.